The minimum atomic E-state index is -0.285. The third kappa shape index (κ3) is 4.05. The van der Waals surface area contributed by atoms with E-state index in [4.69, 9.17) is 4.74 Å². The summed E-state index contributed by atoms with van der Waals surface area (Å²) in [7, 11) is 1.51. The number of anilines is 2. The van der Waals surface area contributed by atoms with Gasteiger partial charge in [0.1, 0.15) is 0 Å². The summed E-state index contributed by atoms with van der Waals surface area (Å²) in [5, 5.41) is 7.28. The van der Waals surface area contributed by atoms with Gasteiger partial charge in [0.25, 0.3) is 5.91 Å². The van der Waals surface area contributed by atoms with E-state index in [0.717, 1.165) is 29.9 Å². The van der Waals surface area contributed by atoms with E-state index >= 15 is 0 Å². The number of aromatic nitrogens is 5. The second-order valence-corrected chi connectivity index (χ2v) is 8.51. The molecule has 1 aliphatic rings. The Morgan fingerprint density at radius 3 is 2.67 bits per heavy atom. The molecular formula is C23H26N8O2. The number of fused-ring (bicyclic) bond motifs is 2. The lowest BCUT2D eigenvalue weighted by molar-refractivity contribution is 0.102. The summed E-state index contributed by atoms with van der Waals surface area (Å²) in [5.41, 5.74) is 3.40. The molecular weight excluding hydrogens is 420 g/mol. The second kappa shape index (κ2) is 8.28. The maximum absolute atomic E-state index is 13.3. The Balaban J connectivity index is 1.53. The molecule has 3 aromatic heterocycles. The Labute approximate surface area is 191 Å². The molecule has 170 valence electrons. The van der Waals surface area contributed by atoms with Crippen LogP contribution in [-0.4, -0.2) is 62.5 Å². The van der Waals surface area contributed by atoms with Crippen molar-refractivity contribution in [1.82, 2.24) is 29.7 Å². The molecule has 1 saturated heterocycles. The van der Waals surface area contributed by atoms with Crippen molar-refractivity contribution in [2.24, 2.45) is 0 Å². The molecule has 0 aliphatic carbocycles. The van der Waals surface area contributed by atoms with Crippen LogP contribution in [0.5, 0.6) is 6.01 Å². The van der Waals surface area contributed by atoms with E-state index in [9.17, 15) is 4.79 Å². The Morgan fingerprint density at radius 2 is 1.91 bits per heavy atom. The van der Waals surface area contributed by atoms with E-state index in [1.165, 1.54) is 7.11 Å². The number of carbonyl (C=O) groups is 1. The average Bonchev–Trinajstić information content (AvgIpc) is 3.16. The van der Waals surface area contributed by atoms with Crippen LogP contribution >= 0.6 is 0 Å². The monoisotopic (exact) mass is 446 g/mol. The summed E-state index contributed by atoms with van der Waals surface area (Å²) >= 11 is 0. The standard InChI is InChI=1S/C23H26N8O2/c1-13-9-30(10-14(2)26-13)19-6-5-17(20-18(19)8-25-23(29-20)33-4)21(32)28-16-7-24-22-27-15(3)11-31(22)12-16/h5-8,11-14,26H,9-10H2,1-4H3,(H,28,32). The molecule has 4 heterocycles. The van der Waals surface area contributed by atoms with Crippen molar-refractivity contribution in [2.75, 3.05) is 30.4 Å². The molecule has 4 aromatic rings. The van der Waals surface area contributed by atoms with Crippen molar-refractivity contribution < 1.29 is 9.53 Å². The van der Waals surface area contributed by atoms with E-state index in [1.54, 1.807) is 23.0 Å². The van der Waals surface area contributed by atoms with Gasteiger partial charge in [0.15, 0.2) is 0 Å². The molecule has 0 saturated carbocycles. The van der Waals surface area contributed by atoms with Crippen molar-refractivity contribution in [3.8, 4) is 6.01 Å². The van der Waals surface area contributed by atoms with Gasteiger partial charge in [-0.15, -0.1) is 0 Å². The molecule has 1 amide bonds. The Bertz CT molecular complexity index is 1340. The normalized spacial score (nSPS) is 18.6. The lowest BCUT2D eigenvalue weighted by atomic mass is 10.0. The minimum Gasteiger partial charge on any atom is -0.467 e. The summed E-state index contributed by atoms with van der Waals surface area (Å²) in [6.07, 6.45) is 6.97. The summed E-state index contributed by atoms with van der Waals surface area (Å²) in [4.78, 5) is 33.1. The third-order valence-corrected chi connectivity index (χ3v) is 5.72. The zero-order valence-corrected chi connectivity index (χ0v) is 19.0. The first-order valence-electron chi connectivity index (χ1n) is 10.9. The Morgan fingerprint density at radius 1 is 1.12 bits per heavy atom. The third-order valence-electron chi connectivity index (χ3n) is 5.72. The highest BCUT2D eigenvalue weighted by Gasteiger charge is 2.24. The van der Waals surface area contributed by atoms with E-state index in [1.807, 2.05) is 25.3 Å². The van der Waals surface area contributed by atoms with Crippen molar-refractivity contribution in [1.29, 1.82) is 0 Å². The van der Waals surface area contributed by atoms with Crippen LogP contribution in [0.1, 0.15) is 29.9 Å². The topological polar surface area (TPSA) is 110 Å². The number of imidazole rings is 1. The van der Waals surface area contributed by atoms with Crippen LogP contribution in [-0.2, 0) is 0 Å². The number of hydrogen-bond acceptors (Lipinski definition) is 8. The zero-order valence-electron chi connectivity index (χ0n) is 19.0. The first-order valence-corrected chi connectivity index (χ1v) is 10.9. The summed E-state index contributed by atoms with van der Waals surface area (Å²) in [6.45, 7) is 7.94. The van der Waals surface area contributed by atoms with Crippen molar-refractivity contribution in [3.63, 3.8) is 0 Å². The first-order chi connectivity index (χ1) is 15.9. The summed E-state index contributed by atoms with van der Waals surface area (Å²) < 4.78 is 7.03. The first kappa shape index (κ1) is 21.1. The zero-order chi connectivity index (χ0) is 23.1. The smallest absolute Gasteiger partial charge is 0.316 e. The molecule has 33 heavy (non-hydrogen) atoms. The summed E-state index contributed by atoms with van der Waals surface area (Å²) in [5.74, 6) is 0.296. The molecule has 10 nitrogen and oxygen atoms in total. The molecule has 1 aliphatic heterocycles. The van der Waals surface area contributed by atoms with Gasteiger partial charge in [0.2, 0.25) is 5.78 Å². The summed E-state index contributed by atoms with van der Waals surface area (Å²) in [6, 6.07) is 4.69. The number of rotatable bonds is 4. The molecule has 5 rings (SSSR count). The molecule has 0 bridgehead atoms. The number of benzene rings is 1. The van der Waals surface area contributed by atoms with Crippen molar-refractivity contribution in [2.45, 2.75) is 32.9 Å². The number of amides is 1. The van der Waals surface area contributed by atoms with E-state index in [0.29, 0.717) is 34.6 Å². The lowest BCUT2D eigenvalue weighted by Gasteiger charge is -2.38. The highest BCUT2D eigenvalue weighted by Crippen LogP contribution is 2.31. The lowest BCUT2D eigenvalue weighted by Crippen LogP contribution is -2.54. The Kier molecular flexibility index (Phi) is 5.29. The van der Waals surface area contributed by atoms with Crippen LogP contribution in [0.4, 0.5) is 11.4 Å². The van der Waals surface area contributed by atoms with Crippen molar-refractivity contribution in [3.05, 3.63) is 48.2 Å². The van der Waals surface area contributed by atoms with Gasteiger partial charge in [-0.1, -0.05) is 0 Å². The number of nitrogens with zero attached hydrogens (tertiary/aromatic N) is 6. The average molecular weight is 447 g/mol. The van der Waals surface area contributed by atoms with Crippen LogP contribution < -0.4 is 20.3 Å². The molecule has 2 N–H and O–H groups in total. The number of aryl methyl sites for hydroxylation is 1. The maximum atomic E-state index is 13.3. The highest BCUT2D eigenvalue weighted by molar-refractivity contribution is 6.13. The number of methoxy groups -OCH3 is 1. The fourth-order valence-electron chi connectivity index (χ4n) is 4.44. The number of nitrogens with one attached hydrogen (secondary N) is 2. The Hall–Kier alpha value is -3.79. The van der Waals surface area contributed by atoms with Gasteiger partial charge in [-0.25, -0.2) is 15.0 Å². The van der Waals surface area contributed by atoms with Gasteiger partial charge in [-0.3, -0.25) is 9.20 Å². The van der Waals surface area contributed by atoms with Gasteiger partial charge < -0.3 is 20.3 Å². The number of hydrogen-bond donors (Lipinski definition) is 2. The van der Waals surface area contributed by atoms with Gasteiger partial charge in [0.05, 0.1) is 35.8 Å². The molecule has 2 unspecified atom stereocenters. The minimum absolute atomic E-state index is 0.215. The van der Waals surface area contributed by atoms with Crippen LogP contribution in [0.25, 0.3) is 16.7 Å². The largest absolute Gasteiger partial charge is 0.467 e. The van der Waals surface area contributed by atoms with Crippen LogP contribution in [0, 0.1) is 6.92 Å². The SMILES string of the molecule is COc1ncc2c(N3CC(C)NC(C)C3)ccc(C(=O)Nc3cnc4nc(C)cn4c3)c2n1. The fourth-order valence-corrected chi connectivity index (χ4v) is 4.44. The van der Waals surface area contributed by atoms with Crippen molar-refractivity contribution >= 4 is 34.0 Å². The molecule has 0 radical (unpaired) electrons. The van der Waals surface area contributed by atoms with Crippen LogP contribution in [0.3, 0.4) is 0 Å². The van der Waals surface area contributed by atoms with E-state index < -0.39 is 0 Å². The molecule has 2 atom stereocenters. The quantitative estimate of drug-likeness (QED) is 0.492. The van der Waals surface area contributed by atoms with Gasteiger partial charge in [0, 0.05) is 54.8 Å². The fraction of sp³-hybridized carbons (Fsp3) is 0.348. The maximum Gasteiger partial charge on any atom is 0.316 e. The molecule has 1 aromatic carbocycles. The second-order valence-electron chi connectivity index (χ2n) is 8.51. The van der Waals surface area contributed by atoms with E-state index in [-0.39, 0.29) is 11.9 Å². The highest BCUT2D eigenvalue weighted by atomic mass is 16.5. The molecule has 10 heteroatoms. The predicted octanol–water partition coefficient (Wildman–Crippen LogP) is 2.43. The van der Waals surface area contributed by atoms with Gasteiger partial charge >= 0.3 is 6.01 Å². The number of ether oxygens (including phenoxy) is 1. The van der Waals surface area contributed by atoms with Crippen LogP contribution in [0.2, 0.25) is 0 Å². The van der Waals surface area contributed by atoms with Gasteiger partial charge in [-0.2, -0.15) is 4.98 Å². The van der Waals surface area contributed by atoms with Gasteiger partial charge in [-0.05, 0) is 32.9 Å². The number of carbonyl (C=O) groups excluding carboxylic acids is 1. The molecule has 0 spiro atoms. The van der Waals surface area contributed by atoms with Crippen LogP contribution in [0.15, 0.2) is 36.9 Å². The molecule has 1 fully saturated rings. The number of piperazine rings is 1. The predicted molar refractivity (Wildman–Crippen MR) is 126 cm³/mol. The van der Waals surface area contributed by atoms with E-state index in [2.05, 4.69) is 49.3 Å².